The van der Waals surface area contributed by atoms with E-state index in [9.17, 15) is 9.18 Å². The maximum atomic E-state index is 13.1. The Morgan fingerprint density at radius 2 is 1.69 bits per heavy atom. The Balaban J connectivity index is 1.35. The maximum absolute atomic E-state index is 13.1. The molecule has 1 aliphatic heterocycles. The molecule has 1 aliphatic rings. The van der Waals surface area contributed by atoms with Crippen molar-refractivity contribution in [3.63, 3.8) is 0 Å². The Kier molecular flexibility index (Phi) is 5.81. The molecule has 4 rings (SSSR count). The predicted octanol–water partition coefficient (Wildman–Crippen LogP) is 3.92. The molecule has 1 amide bonds. The number of nitrogens with one attached hydrogen (secondary N) is 1. The molecular weight excluding hydrogens is 367 g/mol. The molecule has 1 N–H and O–H groups in total. The molecule has 1 saturated heterocycles. The average Bonchev–Trinajstić information content (AvgIpc) is 2.76. The predicted molar refractivity (Wildman–Crippen MR) is 112 cm³/mol. The van der Waals surface area contributed by atoms with Crippen LogP contribution in [0.15, 0.2) is 72.9 Å². The summed E-state index contributed by atoms with van der Waals surface area (Å²) >= 11 is 0. The number of amides is 1. The number of hydrogen-bond donors (Lipinski definition) is 1. The van der Waals surface area contributed by atoms with Crippen molar-refractivity contribution in [3.8, 4) is 0 Å². The molecule has 1 aromatic heterocycles. The highest BCUT2D eigenvalue weighted by molar-refractivity contribution is 5.95. The molecule has 6 heteroatoms. The van der Waals surface area contributed by atoms with Gasteiger partial charge in [-0.05, 0) is 42.0 Å². The highest BCUT2D eigenvalue weighted by Gasteiger charge is 2.22. The Morgan fingerprint density at radius 1 is 0.966 bits per heavy atom. The maximum Gasteiger partial charge on any atom is 0.254 e. The summed E-state index contributed by atoms with van der Waals surface area (Å²) in [7, 11) is 0. The number of rotatable bonds is 5. The van der Waals surface area contributed by atoms with Gasteiger partial charge in [0.25, 0.3) is 5.91 Å². The molecule has 0 atom stereocenters. The molecule has 0 aliphatic carbocycles. The standard InChI is InChI=1S/C23H23FN4O/c24-20-6-8-21(9-7-20)26-22-16-19(10-11-25-22)23(29)28-14-12-27(13-15-28)17-18-4-2-1-3-5-18/h1-11,16H,12-15,17H2,(H,25,26). The van der Waals surface area contributed by atoms with Crippen molar-refractivity contribution >= 4 is 17.4 Å². The minimum absolute atomic E-state index is 0.00826. The van der Waals surface area contributed by atoms with Gasteiger partial charge in [0.1, 0.15) is 11.6 Å². The Labute approximate surface area is 169 Å². The lowest BCUT2D eigenvalue weighted by Crippen LogP contribution is -2.48. The van der Waals surface area contributed by atoms with Gasteiger partial charge in [-0.3, -0.25) is 9.69 Å². The van der Waals surface area contributed by atoms with E-state index in [2.05, 4.69) is 39.5 Å². The fourth-order valence-corrected chi connectivity index (χ4v) is 3.45. The molecule has 29 heavy (non-hydrogen) atoms. The van der Waals surface area contributed by atoms with Crippen molar-refractivity contribution < 1.29 is 9.18 Å². The number of piperazine rings is 1. The summed E-state index contributed by atoms with van der Waals surface area (Å²) in [5, 5.41) is 3.11. The number of pyridine rings is 1. The summed E-state index contributed by atoms with van der Waals surface area (Å²) in [6.07, 6.45) is 1.62. The van der Waals surface area contributed by atoms with Gasteiger partial charge in [-0.1, -0.05) is 30.3 Å². The molecule has 0 radical (unpaired) electrons. The molecule has 148 valence electrons. The molecule has 2 heterocycles. The van der Waals surface area contributed by atoms with E-state index in [1.165, 1.54) is 17.7 Å². The Morgan fingerprint density at radius 3 is 2.41 bits per heavy atom. The van der Waals surface area contributed by atoms with Gasteiger partial charge in [-0.15, -0.1) is 0 Å². The van der Waals surface area contributed by atoms with E-state index in [4.69, 9.17) is 0 Å². The number of nitrogens with zero attached hydrogens (tertiary/aromatic N) is 3. The smallest absolute Gasteiger partial charge is 0.254 e. The summed E-state index contributed by atoms with van der Waals surface area (Å²) in [5.41, 5.74) is 2.61. The number of anilines is 2. The van der Waals surface area contributed by atoms with Crippen LogP contribution < -0.4 is 5.32 Å². The van der Waals surface area contributed by atoms with Gasteiger partial charge in [0.05, 0.1) is 0 Å². The van der Waals surface area contributed by atoms with Gasteiger partial charge < -0.3 is 10.2 Å². The topological polar surface area (TPSA) is 48.5 Å². The van der Waals surface area contributed by atoms with Crippen molar-refractivity contribution in [1.82, 2.24) is 14.8 Å². The first kappa shape index (κ1) is 19.1. The quantitative estimate of drug-likeness (QED) is 0.717. The first-order valence-electron chi connectivity index (χ1n) is 9.71. The van der Waals surface area contributed by atoms with Gasteiger partial charge in [0.15, 0.2) is 0 Å². The third-order valence-corrected chi connectivity index (χ3v) is 5.03. The van der Waals surface area contributed by atoms with Crippen LogP contribution in [0.2, 0.25) is 0 Å². The van der Waals surface area contributed by atoms with Gasteiger partial charge in [-0.25, -0.2) is 9.37 Å². The number of hydrogen-bond acceptors (Lipinski definition) is 4. The van der Waals surface area contributed by atoms with Gasteiger partial charge in [0.2, 0.25) is 0 Å². The van der Waals surface area contributed by atoms with E-state index >= 15 is 0 Å². The summed E-state index contributed by atoms with van der Waals surface area (Å²) < 4.78 is 13.1. The van der Waals surface area contributed by atoms with Crippen LogP contribution >= 0.6 is 0 Å². The van der Waals surface area contributed by atoms with Crippen molar-refractivity contribution in [3.05, 3.63) is 89.9 Å². The average molecular weight is 390 g/mol. The zero-order valence-electron chi connectivity index (χ0n) is 16.1. The highest BCUT2D eigenvalue weighted by atomic mass is 19.1. The molecule has 3 aromatic rings. The minimum atomic E-state index is -0.293. The minimum Gasteiger partial charge on any atom is -0.340 e. The fourth-order valence-electron chi connectivity index (χ4n) is 3.45. The molecule has 2 aromatic carbocycles. The van der Waals surface area contributed by atoms with E-state index in [1.807, 2.05) is 11.0 Å². The van der Waals surface area contributed by atoms with E-state index in [0.29, 0.717) is 24.5 Å². The van der Waals surface area contributed by atoms with E-state index < -0.39 is 0 Å². The summed E-state index contributed by atoms with van der Waals surface area (Å²) in [6, 6.07) is 19.9. The van der Waals surface area contributed by atoms with Crippen LogP contribution in [0.5, 0.6) is 0 Å². The van der Waals surface area contributed by atoms with Crippen molar-refractivity contribution in [2.45, 2.75) is 6.54 Å². The second kappa shape index (κ2) is 8.84. The van der Waals surface area contributed by atoms with Crippen LogP contribution in [0, 0.1) is 5.82 Å². The van der Waals surface area contributed by atoms with Gasteiger partial charge in [-0.2, -0.15) is 0 Å². The molecule has 0 spiro atoms. The lowest BCUT2D eigenvalue weighted by molar-refractivity contribution is 0.0628. The van der Waals surface area contributed by atoms with Crippen molar-refractivity contribution in [2.75, 3.05) is 31.5 Å². The van der Waals surface area contributed by atoms with Crippen molar-refractivity contribution in [2.24, 2.45) is 0 Å². The lowest BCUT2D eigenvalue weighted by atomic mass is 10.1. The SMILES string of the molecule is O=C(c1ccnc(Nc2ccc(F)cc2)c1)N1CCN(Cc2ccccc2)CC1. The number of carbonyl (C=O) groups is 1. The number of halogens is 1. The monoisotopic (exact) mass is 390 g/mol. The van der Waals surface area contributed by atoms with E-state index in [0.717, 1.165) is 25.3 Å². The van der Waals surface area contributed by atoms with E-state index in [-0.39, 0.29) is 11.7 Å². The fraction of sp³-hybridized carbons (Fsp3) is 0.217. The Bertz CT molecular complexity index is 954. The largest absolute Gasteiger partial charge is 0.340 e. The zero-order valence-corrected chi connectivity index (χ0v) is 16.1. The summed E-state index contributed by atoms with van der Waals surface area (Å²) in [5.74, 6) is 0.276. The molecule has 0 saturated carbocycles. The molecule has 5 nitrogen and oxygen atoms in total. The first-order chi connectivity index (χ1) is 14.2. The number of aromatic nitrogens is 1. The second-order valence-electron chi connectivity index (χ2n) is 7.12. The normalized spacial score (nSPS) is 14.6. The van der Waals surface area contributed by atoms with Crippen LogP contribution in [0.4, 0.5) is 15.9 Å². The number of carbonyl (C=O) groups excluding carboxylic acids is 1. The van der Waals surface area contributed by atoms with Gasteiger partial charge in [0, 0.05) is 50.2 Å². The first-order valence-corrected chi connectivity index (χ1v) is 9.71. The second-order valence-corrected chi connectivity index (χ2v) is 7.12. The van der Waals surface area contributed by atoms with Gasteiger partial charge >= 0.3 is 0 Å². The van der Waals surface area contributed by atoms with Crippen LogP contribution in [-0.2, 0) is 6.54 Å². The van der Waals surface area contributed by atoms with Crippen LogP contribution in [0.3, 0.4) is 0 Å². The summed E-state index contributed by atoms with van der Waals surface area (Å²) in [4.78, 5) is 21.4. The van der Waals surface area contributed by atoms with E-state index in [1.54, 1.807) is 30.5 Å². The Hall–Kier alpha value is -3.25. The van der Waals surface area contributed by atoms with Crippen LogP contribution in [0.25, 0.3) is 0 Å². The summed E-state index contributed by atoms with van der Waals surface area (Å²) in [6.45, 7) is 4.02. The van der Waals surface area contributed by atoms with Crippen LogP contribution in [-0.4, -0.2) is 46.9 Å². The molecule has 0 unspecified atom stereocenters. The highest BCUT2D eigenvalue weighted by Crippen LogP contribution is 2.18. The molecule has 1 fully saturated rings. The number of benzene rings is 2. The molecule has 0 bridgehead atoms. The third-order valence-electron chi connectivity index (χ3n) is 5.03. The lowest BCUT2D eigenvalue weighted by Gasteiger charge is -2.34. The van der Waals surface area contributed by atoms with Crippen LogP contribution in [0.1, 0.15) is 15.9 Å². The van der Waals surface area contributed by atoms with Crippen molar-refractivity contribution in [1.29, 1.82) is 0 Å². The zero-order chi connectivity index (χ0) is 20.1. The third kappa shape index (κ3) is 4.97. The molecular formula is C23H23FN4O.